The molecule has 39 heavy (non-hydrogen) atoms. The van der Waals surface area contributed by atoms with Gasteiger partial charge in [0.25, 0.3) is 0 Å². The van der Waals surface area contributed by atoms with E-state index in [-0.39, 0.29) is 17.8 Å². The van der Waals surface area contributed by atoms with Gasteiger partial charge in [0, 0.05) is 35.8 Å². The fourth-order valence-electron chi connectivity index (χ4n) is 3.73. The SMILES string of the molecule is COc1cc2ncc(-c3ccc(CC(=O)Nc4cc(C(C)(C)C(F)(F)F)on4)c(F)c3)cc2cc1OCCN. The van der Waals surface area contributed by atoms with E-state index in [0.29, 0.717) is 41.3 Å². The van der Waals surface area contributed by atoms with Crippen molar-refractivity contribution < 1.29 is 36.4 Å². The topological polar surface area (TPSA) is 112 Å². The Hall–Kier alpha value is -4.19. The van der Waals surface area contributed by atoms with Crippen molar-refractivity contribution in [3.63, 3.8) is 0 Å². The molecule has 1 amide bonds. The van der Waals surface area contributed by atoms with Crippen LogP contribution in [0.1, 0.15) is 25.2 Å². The Morgan fingerprint density at radius 3 is 2.51 bits per heavy atom. The number of benzene rings is 2. The second-order valence-corrected chi connectivity index (χ2v) is 9.29. The number of alkyl halides is 3. The number of hydrogen-bond donors (Lipinski definition) is 2. The van der Waals surface area contributed by atoms with Crippen LogP contribution in [0.15, 0.2) is 53.2 Å². The van der Waals surface area contributed by atoms with E-state index in [1.165, 1.54) is 19.2 Å². The smallest absolute Gasteiger partial charge is 0.401 e. The molecule has 0 saturated heterocycles. The molecule has 8 nitrogen and oxygen atoms in total. The average molecular weight is 547 g/mol. The van der Waals surface area contributed by atoms with Crippen molar-refractivity contribution >= 4 is 22.6 Å². The van der Waals surface area contributed by atoms with E-state index in [4.69, 9.17) is 19.7 Å². The summed E-state index contributed by atoms with van der Waals surface area (Å²) >= 11 is 0. The van der Waals surface area contributed by atoms with Gasteiger partial charge in [-0.25, -0.2) is 4.39 Å². The van der Waals surface area contributed by atoms with E-state index in [1.807, 2.05) is 6.07 Å². The van der Waals surface area contributed by atoms with Crippen LogP contribution in [0.3, 0.4) is 0 Å². The molecular formula is C27H26F4N4O4. The molecule has 2 aromatic heterocycles. The molecule has 0 saturated carbocycles. The Balaban J connectivity index is 1.49. The second kappa shape index (κ2) is 10.9. The van der Waals surface area contributed by atoms with Crippen molar-refractivity contribution in [1.29, 1.82) is 0 Å². The molecule has 12 heteroatoms. The number of methoxy groups -OCH3 is 1. The van der Waals surface area contributed by atoms with E-state index in [2.05, 4.69) is 15.5 Å². The number of rotatable bonds is 9. The summed E-state index contributed by atoms with van der Waals surface area (Å²) in [6.45, 7) is 2.51. The number of nitrogens with one attached hydrogen (secondary N) is 1. The first-order valence-corrected chi connectivity index (χ1v) is 11.9. The van der Waals surface area contributed by atoms with Crippen LogP contribution in [0.4, 0.5) is 23.4 Å². The first kappa shape index (κ1) is 27.8. The second-order valence-electron chi connectivity index (χ2n) is 9.29. The van der Waals surface area contributed by atoms with Crippen molar-refractivity contribution in [3.05, 3.63) is 65.8 Å². The predicted octanol–water partition coefficient (Wildman–Crippen LogP) is 5.40. The van der Waals surface area contributed by atoms with Gasteiger partial charge in [-0.3, -0.25) is 9.78 Å². The number of pyridine rings is 1. The highest BCUT2D eigenvalue weighted by molar-refractivity contribution is 5.91. The largest absolute Gasteiger partial charge is 0.493 e. The minimum atomic E-state index is -4.58. The van der Waals surface area contributed by atoms with Gasteiger partial charge >= 0.3 is 6.18 Å². The van der Waals surface area contributed by atoms with Crippen molar-refractivity contribution in [2.45, 2.75) is 31.9 Å². The van der Waals surface area contributed by atoms with Gasteiger partial charge in [0.2, 0.25) is 5.91 Å². The molecule has 2 aromatic carbocycles. The van der Waals surface area contributed by atoms with Gasteiger partial charge in [0.1, 0.15) is 17.8 Å². The van der Waals surface area contributed by atoms with Crippen molar-refractivity contribution in [3.8, 4) is 22.6 Å². The van der Waals surface area contributed by atoms with Crippen LogP contribution in [-0.2, 0) is 16.6 Å². The maximum atomic E-state index is 14.9. The monoisotopic (exact) mass is 546 g/mol. The molecule has 0 radical (unpaired) electrons. The fourth-order valence-corrected chi connectivity index (χ4v) is 3.73. The van der Waals surface area contributed by atoms with Crippen LogP contribution in [0.2, 0.25) is 0 Å². The number of carbonyl (C=O) groups excluding carboxylic acids is 1. The van der Waals surface area contributed by atoms with Crippen molar-refractivity contribution in [1.82, 2.24) is 10.1 Å². The molecular weight excluding hydrogens is 520 g/mol. The number of aromatic nitrogens is 2. The Morgan fingerprint density at radius 2 is 1.85 bits per heavy atom. The number of nitrogens with zero attached hydrogens (tertiary/aromatic N) is 2. The molecule has 4 rings (SSSR count). The Labute approximate surface area is 221 Å². The summed E-state index contributed by atoms with van der Waals surface area (Å²) in [5.74, 6) is -0.945. The van der Waals surface area contributed by atoms with E-state index >= 15 is 0 Å². The third-order valence-electron chi connectivity index (χ3n) is 6.18. The lowest BCUT2D eigenvalue weighted by molar-refractivity contribution is -0.185. The molecule has 2 heterocycles. The molecule has 0 bridgehead atoms. The van der Waals surface area contributed by atoms with Crippen LogP contribution in [0, 0.1) is 5.82 Å². The summed E-state index contributed by atoms with van der Waals surface area (Å²) in [4.78, 5) is 16.9. The molecule has 4 aromatic rings. The molecule has 206 valence electrons. The summed E-state index contributed by atoms with van der Waals surface area (Å²) in [7, 11) is 1.52. The zero-order valence-electron chi connectivity index (χ0n) is 21.4. The highest BCUT2D eigenvalue weighted by Gasteiger charge is 2.51. The summed E-state index contributed by atoms with van der Waals surface area (Å²) in [6, 6.07) is 10.7. The van der Waals surface area contributed by atoms with Crippen LogP contribution >= 0.6 is 0 Å². The van der Waals surface area contributed by atoms with Gasteiger partial charge in [-0.1, -0.05) is 17.3 Å². The van der Waals surface area contributed by atoms with Gasteiger partial charge in [0.15, 0.2) is 23.1 Å². The van der Waals surface area contributed by atoms with E-state index in [1.54, 1.807) is 24.4 Å². The molecule has 0 fully saturated rings. The van der Waals surface area contributed by atoms with Crippen molar-refractivity contribution in [2.24, 2.45) is 5.73 Å². The molecule has 0 spiro atoms. The van der Waals surface area contributed by atoms with Gasteiger partial charge < -0.3 is 25.0 Å². The van der Waals surface area contributed by atoms with Crippen molar-refractivity contribution in [2.75, 3.05) is 25.6 Å². The van der Waals surface area contributed by atoms with Crippen LogP contribution in [-0.4, -0.2) is 42.5 Å². The Kier molecular flexibility index (Phi) is 7.77. The lowest BCUT2D eigenvalue weighted by atomic mass is 9.89. The normalized spacial score (nSPS) is 12.0. The zero-order valence-corrected chi connectivity index (χ0v) is 21.4. The number of carbonyl (C=O) groups is 1. The Morgan fingerprint density at radius 1 is 1.08 bits per heavy atom. The van der Waals surface area contributed by atoms with Gasteiger partial charge in [-0.05, 0) is 43.2 Å². The van der Waals surface area contributed by atoms with Crippen LogP contribution < -0.4 is 20.5 Å². The quantitative estimate of drug-likeness (QED) is 0.271. The lowest BCUT2D eigenvalue weighted by Gasteiger charge is -2.24. The molecule has 0 atom stereocenters. The summed E-state index contributed by atoms with van der Waals surface area (Å²) in [6.07, 6.45) is -3.35. The summed E-state index contributed by atoms with van der Waals surface area (Å²) in [5, 5.41) is 6.56. The summed E-state index contributed by atoms with van der Waals surface area (Å²) in [5.41, 5.74) is 5.13. The van der Waals surface area contributed by atoms with E-state index in [9.17, 15) is 22.4 Å². The minimum absolute atomic E-state index is 0.0894. The minimum Gasteiger partial charge on any atom is -0.493 e. The third kappa shape index (κ3) is 5.95. The first-order chi connectivity index (χ1) is 18.4. The number of halogens is 4. The standard InChI is InChI=1S/C27H26F4N4O4/c1-26(2,27(29,30)31)23-13-24(35-39-23)34-25(36)11-16-5-4-15(9-19(16)28)18-8-17-10-22(38-7-6-32)21(37-3)12-20(17)33-14-18/h4-5,8-10,12-14H,6-7,11,32H2,1-3H3,(H,34,35,36). The molecule has 0 aliphatic carbocycles. The lowest BCUT2D eigenvalue weighted by Crippen LogP contribution is -2.35. The van der Waals surface area contributed by atoms with Gasteiger partial charge in [-0.15, -0.1) is 0 Å². The predicted molar refractivity (Wildman–Crippen MR) is 136 cm³/mol. The number of amides is 1. The highest BCUT2D eigenvalue weighted by Crippen LogP contribution is 2.41. The molecule has 0 aliphatic heterocycles. The van der Waals surface area contributed by atoms with E-state index < -0.39 is 29.1 Å². The van der Waals surface area contributed by atoms with Gasteiger partial charge in [0.05, 0.1) is 19.0 Å². The number of anilines is 1. The summed E-state index contributed by atoms with van der Waals surface area (Å²) < 4.78 is 70.3. The first-order valence-electron chi connectivity index (χ1n) is 11.9. The van der Waals surface area contributed by atoms with Gasteiger partial charge in [-0.2, -0.15) is 13.2 Å². The maximum Gasteiger partial charge on any atom is 0.401 e. The highest BCUT2D eigenvalue weighted by atomic mass is 19.4. The number of nitrogens with two attached hydrogens (primary N) is 1. The Bertz CT molecular complexity index is 1500. The van der Waals surface area contributed by atoms with E-state index in [0.717, 1.165) is 25.3 Å². The molecule has 0 aliphatic rings. The zero-order chi connectivity index (χ0) is 28.4. The average Bonchev–Trinajstić information content (AvgIpc) is 3.36. The van der Waals surface area contributed by atoms with Crippen LogP contribution in [0.25, 0.3) is 22.0 Å². The number of hydrogen-bond acceptors (Lipinski definition) is 7. The molecule has 3 N–H and O–H groups in total. The fraction of sp³-hybridized carbons (Fsp3) is 0.296. The molecule has 0 unspecified atom stereocenters. The number of ether oxygens (including phenoxy) is 2. The number of fused-ring (bicyclic) bond motifs is 1. The third-order valence-corrected chi connectivity index (χ3v) is 6.18. The maximum absolute atomic E-state index is 14.9. The van der Waals surface area contributed by atoms with Crippen LogP contribution in [0.5, 0.6) is 11.5 Å².